The number of nitrogens with zero attached hydrogens (tertiary/aromatic N) is 3. The van der Waals surface area contributed by atoms with Crippen molar-refractivity contribution in [3.05, 3.63) is 52.3 Å². The number of rotatable bonds is 1. The first-order valence-corrected chi connectivity index (χ1v) is 6.53. The lowest BCUT2D eigenvalue weighted by molar-refractivity contribution is 0.620. The number of para-hydroxylation sites is 1. The number of benzene rings is 2. The van der Waals surface area contributed by atoms with Crippen LogP contribution in [-0.4, -0.2) is 9.55 Å². The van der Waals surface area contributed by atoms with Gasteiger partial charge in [-0.05, 0) is 46.3 Å². The maximum absolute atomic E-state index is 13.3. The Labute approximate surface area is 122 Å². The molecule has 4 nitrogen and oxygen atoms in total. The zero-order chi connectivity index (χ0) is 14.3. The maximum atomic E-state index is 13.3. The Morgan fingerprint density at radius 1 is 1.30 bits per heavy atom. The molecule has 0 amide bonds. The lowest BCUT2D eigenvalue weighted by Gasteiger charge is -2.07. The van der Waals surface area contributed by atoms with E-state index in [2.05, 4.69) is 27.0 Å². The number of hydrogen-bond donors (Lipinski definition) is 1. The van der Waals surface area contributed by atoms with E-state index in [9.17, 15) is 4.39 Å². The molecule has 0 atom stereocenters. The summed E-state index contributed by atoms with van der Waals surface area (Å²) in [5.41, 5.74) is 8.30. The molecule has 0 fully saturated rings. The third kappa shape index (κ3) is 1.84. The van der Waals surface area contributed by atoms with Gasteiger partial charge in [-0.15, -0.1) is 0 Å². The molecule has 0 bridgehead atoms. The molecule has 0 saturated heterocycles. The first-order chi connectivity index (χ1) is 9.61. The summed E-state index contributed by atoms with van der Waals surface area (Å²) in [6, 6.07) is 11.9. The standard InChI is InChI=1S/C14H8BrFN4/c15-10-6-9(4-5-11(10)16)20-12-3-1-2-8(7-17)13(12)19-14(20)18/h1-6H,(H2,18,19). The second kappa shape index (κ2) is 4.62. The molecule has 98 valence electrons. The van der Waals surface area contributed by atoms with Gasteiger partial charge in [0.2, 0.25) is 5.95 Å². The first-order valence-electron chi connectivity index (χ1n) is 5.74. The number of anilines is 1. The molecular weight excluding hydrogens is 323 g/mol. The molecule has 1 aromatic heterocycles. The number of imidazole rings is 1. The highest BCUT2D eigenvalue weighted by Gasteiger charge is 2.13. The number of nitriles is 1. The quantitative estimate of drug-likeness (QED) is 0.743. The Morgan fingerprint density at radius 2 is 2.10 bits per heavy atom. The van der Waals surface area contributed by atoms with Crippen molar-refractivity contribution in [2.24, 2.45) is 0 Å². The summed E-state index contributed by atoms with van der Waals surface area (Å²) >= 11 is 3.15. The molecule has 2 N–H and O–H groups in total. The molecular formula is C14H8BrFN4. The van der Waals surface area contributed by atoms with Crippen LogP contribution in [0.2, 0.25) is 0 Å². The molecule has 1 heterocycles. The van der Waals surface area contributed by atoms with E-state index < -0.39 is 0 Å². The van der Waals surface area contributed by atoms with Gasteiger partial charge in [0.05, 0.1) is 21.2 Å². The van der Waals surface area contributed by atoms with E-state index in [4.69, 9.17) is 11.0 Å². The lowest BCUT2D eigenvalue weighted by atomic mass is 10.2. The minimum atomic E-state index is -0.352. The molecule has 3 aromatic rings. The summed E-state index contributed by atoms with van der Waals surface area (Å²) in [5, 5.41) is 9.09. The molecule has 0 spiro atoms. The first kappa shape index (κ1) is 12.6. The molecule has 0 unspecified atom stereocenters. The van der Waals surface area contributed by atoms with Gasteiger partial charge in [0, 0.05) is 0 Å². The van der Waals surface area contributed by atoms with Crippen LogP contribution in [0.3, 0.4) is 0 Å². The number of nitrogen functional groups attached to an aromatic ring is 1. The Hall–Kier alpha value is -2.39. The smallest absolute Gasteiger partial charge is 0.205 e. The third-order valence-corrected chi connectivity index (χ3v) is 3.60. The van der Waals surface area contributed by atoms with Crippen LogP contribution in [0.15, 0.2) is 40.9 Å². The van der Waals surface area contributed by atoms with Gasteiger partial charge in [0.25, 0.3) is 0 Å². The van der Waals surface area contributed by atoms with E-state index in [1.165, 1.54) is 6.07 Å². The van der Waals surface area contributed by atoms with Gasteiger partial charge in [-0.1, -0.05) is 6.07 Å². The Morgan fingerprint density at radius 3 is 2.80 bits per heavy atom. The number of fused-ring (bicyclic) bond motifs is 1. The average Bonchev–Trinajstić information content (AvgIpc) is 2.78. The average molecular weight is 331 g/mol. The van der Waals surface area contributed by atoms with Crippen LogP contribution in [0.5, 0.6) is 0 Å². The van der Waals surface area contributed by atoms with Crippen LogP contribution in [0, 0.1) is 17.1 Å². The summed E-state index contributed by atoms with van der Waals surface area (Å²) in [4.78, 5) is 4.22. The Kier molecular flexibility index (Phi) is 2.92. The van der Waals surface area contributed by atoms with E-state index in [-0.39, 0.29) is 11.8 Å². The van der Waals surface area contributed by atoms with Gasteiger partial charge in [-0.25, -0.2) is 9.37 Å². The summed E-state index contributed by atoms with van der Waals surface area (Å²) < 4.78 is 15.3. The fraction of sp³-hybridized carbons (Fsp3) is 0. The fourth-order valence-corrected chi connectivity index (χ4v) is 2.47. The predicted molar refractivity (Wildman–Crippen MR) is 77.9 cm³/mol. The zero-order valence-electron chi connectivity index (χ0n) is 10.1. The van der Waals surface area contributed by atoms with E-state index in [1.807, 2.05) is 6.07 Å². The van der Waals surface area contributed by atoms with Crippen LogP contribution in [0.1, 0.15) is 5.56 Å². The van der Waals surface area contributed by atoms with Gasteiger partial charge < -0.3 is 5.73 Å². The van der Waals surface area contributed by atoms with E-state index in [0.717, 1.165) is 0 Å². The third-order valence-electron chi connectivity index (χ3n) is 2.99. The van der Waals surface area contributed by atoms with E-state index in [1.54, 1.807) is 28.8 Å². The molecule has 3 rings (SSSR count). The van der Waals surface area contributed by atoms with Crippen molar-refractivity contribution in [1.29, 1.82) is 5.26 Å². The number of aromatic nitrogens is 2. The SMILES string of the molecule is N#Cc1cccc2c1nc(N)n2-c1ccc(F)c(Br)c1. The van der Waals surface area contributed by atoms with Crippen molar-refractivity contribution in [3.63, 3.8) is 0 Å². The number of nitrogens with two attached hydrogens (primary N) is 1. The molecule has 20 heavy (non-hydrogen) atoms. The van der Waals surface area contributed by atoms with Gasteiger partial charge in [0.1, 0.15) is 17.4 Å². The highest BCUT2D eigenvalue weighted by atomic mass is 79.9. The summed E-state index contributed by atoms with van der Waals surface area (Å²) in [6.07, 6.45) is 0. The van der Waals surface area contributed by atoms with Crippen LogP contribution in [-0.2, 0) is 0 Å². The van der Waals surface area contributed by atoms with Crippen LogP contribution in [0.4, 0.5) is 10.3 Å². The largest absolute Gasteiger partial charge is 0.369 e. The van der Waals surface area contributed by atoms with Gasteiger partial charge in [-0.3, -0.25) is 4.57 Å². The van der Waals surface area contributed by atoms with Gasteiger partial charge in [-0.2, -0.15) is 5.26 Å². The Balaban J connectivity index is 2.34. The summed E-state index contributed by atoms with van der Waals surface area (Å²) in [6.45, 7) is 0. The van der Waals surface area contributed by atoms with Crippen molar-refractivity contribution in [3.8, 4) is 11.8 Å². The second-order valence-corrected chi connectivity index (χ2v) is 5.04. The summed E-state index contributed by atoms with van der Waals surface area (Å²) in [5.74, 6) is -0.101. The molecule has 0 aliphatic rings. The second-order valence-electron chi connectivity index (χ2n) is 4.19. The van der Waals surface area contributed by atoms with Gasteiger partial charge in [0.15, 0.2) is 0 Å². The lowest BCUT2D eigenvalue weighted by Crippen LogP contribution is -2.00. The Bertz CT molecular complexity index is 863. The van der Waals surface area contributed by atoms with Gasteiger partial charge >= 0.3 is 0 Å². The molecule has 0 aliphatic carbocycles. The fourth-order valence-electron chi connectivity index (χ4n) is 2.10. The normalized spacial score (nSPS) is 10.7. The maximum Gasteiger partial charge on any atom is 0.205 e. The highest BCUT2D eigenvalue weighted by molar-refractivity contribution is 9.10. The van der Waals surface area contributed by atoms with Crippen molar-refractivity contribution in [1.82, 2.24) is 9.55 Å². The van der Waals surface area contributed by atoms with Crippen molar-refractivity contribution >= 4 is 32.9 Å². The molecule has 0 aliphatic heterocycles. The van der Waals surface area contributed by atoms with Crippen molar-refractivity contribution in [2.75, 3.05) is 5.73 Å². The highest BCUT2D eigenvalue weighted by Crippen LogP contribution is 2.27. The molecule has 2 aromatic carbocycles. The van der Waals surface area contributed by atoms with E-state index >= 15 is 0 Å². The molecule has 0 saturated carbocycles. The van der Waals surface area contributed by atoms with Crippen LogP contribution in [0.25, 0.3) is 16.7 Å². The monoisotopic (exact) mass is 330 g/mol. The zero-order valence-corrected chi connectivity index (χ0v) is 11.7. The van der Waals surface area contributed by atoms with Crippen molar-refractivity contribution in [2.45, 2.75) is 0 Å². The summed E-state index contributed by atoms with van der Waals surface area (Å²) in [7, 11) is 0. The number of hydrogen-bond acceptors (Lipinski definition) is 3. The van der Waals surface area contributed by atoms with Crippen molar-refractivity contribution < 1.29 is 4.39 Å². The van der Waals surface area contributed by atoms with Crippen LogP contribution >= 0.6 is 15.9 Å². The molecule has 0 radical (unpaired) electrons. The topological polar surface area (TPSA) is 67.6 Å². The minimum Gasteiger partial charge on any atom is -0.369 e. The predicted octanol–water partition coefficient (Wildman–Crippen LogP) is 3.38. The minimum absolute atomic E-state index is 0.251. The number of halogens is 2. The molecule has 6 heteroatoms. The van der Waals surface area contributed by atoms with Crippen LogP contribution < -0.4 is 5.73 Å². The van der Waals surface area contributed by atoms with E-state index in [0.29, 0.717) is 26.8 Å².